The molecule has 8 nitrogen and oxygen atoms in total. The Hall–Kier alpha value is -4.30. The van der Waals surface area contributed by atoms with E-state index in [1.807, 2.05) is 66.2 Å². The number of anilines is 1. The normalized spacial score (nSPS) is 11.7. The van der Waals surface area contributed by atoms with Crippen LogP contribution in [0.2, 0.25) is 0 Å². The van der Waals surface area contributed by atoms with E-state index < -0.39 is 5.60 Å². The molecule has 1 amide bonds. The molecule has 0 saturated carbocycles. The van der Waals surface area contributed by atoms with E-state index in [1.54, 1.807) is 26.1 Å². The van der Waals surface area contributed by atoms with E-state index in [-0.39, 0.29) is 11.6 Å². The molecule has 0 aliphatic heterocycles. The summed E-state index contributed by atoms with van der Waals surface area (Å²) < 4.78 is 7.46. The highest BCUT2D eigenvalue weighted by molar-refractivity contribution is 6.05. The van der Waals surface area contributed by atoms with E-state index in [2.05, 4.69) is 15.3 Å². The minimum atomic E-state index is -0.768. The molecule has 5 rings (SSSR count). The average Bonchev–Trinajstić information content (AvgIpc) is 3.50. The molecule has 4 aromatic heterocycles. The first-order chi connectivity index (χ1) is 17.2. The molecule has 8 heteroatoms. The Labute approximate surface area is 208 Å². The van der Waals surface area contributed by atoms with Crippen molar-refractivity contribution < 1.29 is 14.3 Å². The van der Waals surface area contributed by atoms with Gasteiger partial charge in [-0.05, 0) is 57.4 Å². The quantitative estimate of drug-likeness (QED) is 0.326. The number of aromatic nitrogens is 4. The Balaban J connectivity index is 1.47. The smallest absolute Gasteiger partial charge is 0.277 e. The van der Waals surface area contributed by atoms with Crippen molar-refractivity contribution in [1.29, 1.82) is 0 Å². The Morgan fingerprint density at radius 2 is 1.89 bits per heavy atom. The van der Waals surface area contributed by atoms with Crippen LogP contribution in [0.1, 0.15) is 42.1 Å². The lowest BCUT2D eigenvalue weighted by molar-refractivity contribution is 0.0711. The highest BCUT2D eigenvalue weighted by Gasteiger charge is 2.18. The molecule has 36 heavy (non-hydrogen) atoms. The van der Waals surface area contributed by atoms with Crippen molar-refractivity contribution in [2.45, 2.75) is 39.2 Å². The predicted molar refractivity (Wildman–Crippen MR) is 138 cm³/mol. The largest absolute Gasteiger partial charge is 0.444 e. The number of nitrogens with zero attached hydrogens (tertiary/aromatic N) is 4. The molecular formula is C28H27N5O3. The number of amides is 1. The molecule has 0 radical (unpaired) electrons. The van der Waals surface area contributed by atoms with Gasteiger partial charge >= 0.3 is 0 Å². The number of carbonyl (C=O) groups excluding carboxylic acids is 1. The lowest BCUT2D eigenvalue weighted by Gasteiger charge is -2.15. The summed E-state index contributed by atoms with van der Waals surface area (Å²) in [5, 5.41) is 13.1. The van der Waals surface area contributed by atoms with Crippen LogP contribution in [0, 0.1) is 6.92 Å². The fourth-order valence-corrected chi connectivity index (χ4v) is 3.97. The second-order valence-electron chi connectivity index (χ2n) is 9.45. The number of hydrogen-bond donors (Lipinski definition) is 2. The van der Waals surface area contributed by atoms with Crippen molar-refractivity contribution in [3.05, 3.63) is 90.5 Å². The molecule has 0 aliphatic carbocycles. The average molecular weight is 482 g/mol. The molecule has 0 atom stereocenters. The monoisotopic (exact) mass is 481 g/mol. The van der Waals surface area contributed by atoms with Crippen LogP contribution in [0.4, 0.5) is 5.69 Å². The number of aryl methyl sites for hydroxylation is 2. The lowest BCUT2D eigenvalue weighted by atomic mass is 10.0. The summed E-state index contributed by atoms with van der Waals surface area (Å²) >= 11 is 0. The second kappa shape index (κ2) is 9.39. The second-order valence-corrected chi connectivity index (χ2v) is 9.45. The molecule has 0 unspecified atom stereocenters. The number of oxazole rings is 1. The number of aliphatic hydroxyl groups is 1. The van der Waals surface area contributed by atoms with Gasteiger partial charge in [0.15, 0.2) is 5.69 Å². The zero-order valence-corrected chi connectivity index (χ0v) is 20.4. The molecule has 0 bridgehead atoms. The van der Waals surface area contributed by atoms with E-state index in [0.717, 1.165) is 33.7 Å². The van der Waals surface area contributed by atoms with Crippen molar-refractivity contribution in [2.75, 3.05) is 5.32 Å². The first-order valence-corrected chi connectivity index (χ1v) is 11.7. The van der Waals surface area contributed by atoms with Gasteiger partial charge in [0.25, 0.3) is 5.91 Å². The molecule has 0 fully saturated rings. The maximum absolute atomic E-state index is 13.2. The zero-order chi connectivity index (χ0) is 25.3. The maximum Gasteiger partial charge on any atom is 0.277 e. The Morgan fingerprint density at radius 1 is 1.08 bits per heavy atom. The molecule has 0 aliphatic rings. The topological polar surface area (TPSA) is 106 Å². The molecule has 5 aromatic rings. The number of pyridine rings is 2. The van der Waals surface area contributed by atoms with Gasteiger partial charge in [-0.2, -0.15) is 0 Å². The summed E-state index contributed by atoms with van der Waals surface area (Å²) in [6.45, 7) is 5.46. The highest BCUT2D eigenvalue weighted by atomic mass is 16.3. The van der Waals surface area contributed by atoms with E-state index in [1.165, 1.54) is 6.26 Å². The molecule has 0 spiro atoms. The summed E-state index contributed by atoms with van der Waals surface area (Å²) in [5.41, 5.74) is 5.03. The minimum absolute atomic E-state index is 0.176. The van der Waals surface area contributed by atoms with Crippen molar-refractivity contribution in [3.8, 4) is 22.6 Å². The van der Waals surface area contributed by atoms with Gasteiger partial charge in [0, 0.05) is 35.4 Å². The molecular weight excluding hydrogens is 454 g/mol. The molecule has 182 valence electrons. The standard InChI is InChI=1S/C28H27N5O3/c1-18-13-20(10-12-29-18)27-32-24(17-36-27)26(34)31-23-16-33-15-21(9-11-28(2,3)35)30-25(33)14-22(23)19-7-5-4-6-8-19/h4-8,10,12-17,35H,9,11H2,1-3H3,(H,31,34). The van der Waals surface area contributed by atoms with Gasteiger partial charge in [0.1, 0.15) is 11.9 Å². The van der Waals surface area contributed by atoms with Gasteiger partial charge in [-0.15, -0.1) is 0 Å². The first kappa shape index (κ1) is 23.4. The van der Waals surface area contributed by atoms with Gasteiger partial charge in [-0.25, -0.2) is 9.97 Å². The van der Waals surface area contributed by atoms with Crippen molar-refractivity contribution in [2.24, 2.45) is 0 Å². The minimum Gasteiger partial charge on any atom is -0.444 e. The number of fused-ring (bicyclic) bond motifs is 1. The van der Waals surface area contributed by atoms with Crippen molar-refractivity contribution >= 4 is 17.2 Å². The summed E-state index contributed by atoms with van der Waals surface area (Å²) in [5.74, 6) is -0.0230. The Morgan fingerprint density at radius 3 is 2.64 bits per heavy atom. The number of imidazole rings is 1. The zero-order valence-electron chi connectivity index (χ0n) is 20.4. The van der Waals surface area contributed by atoms with Crippen LogP contribution < -0.4 is 5.32 Å². The number of benzene rings is 1. The van der Waals surface area contributed by atoms with Gasteiger partial charge in [-0.3, -0.25) is 9.78 Å². The van der Waals surface area contributed by atoms with E-state index in [9.17, 15) is 9.90 Å². The number of carbonyl (C=O) groups is 1. The third-order valence-electron chi connectivity index (χ3n) is 5.85. The van der Waals surface area contributed by atoms with Gasteiger partial charge in [0.05, 0.1) is 17.0 Å². The van der Waals surface area contributed by atoms with E-state index in [0.29, 0.717) is 24.4 Å². The number of hydrogen-bond acceptors (Lipinski definition) is 6. The van der Waals surface area contributed by atoms with Crippen LogP contribution in [0.15, 0.2) is 77.8 Å². The van der Waals surface area contributed by atoms with Gasteiger partial charge in [0.2, 0.25) is 5.89 Å². The SMILES string of the molecule is Cc1cc(-c2nc(C(=O)Nc3cn4cc(CCC(C)(C)O)nc4cc3-c3ccccc3)co2)ccn1. The summed E-state index contributed by atoms with van der Waals surface area (Å²) in [7, 11) is 0. The number of rotatable bonds is 7. The molecule has 0 saturated heterocycles. The van der Waals surface area contributed by atoms with Crippen LogP contribution >= 0.6 is 0 Å². The Bertz CT molecular complexity index is 1530. The highest BCUT2D eigenvalue weighted by Crippen LogP contribution is 2.30. The molecule has 1 aromatic carbocycles. The third-order valence-corrected chi connectivity index (χ3v) is 5.85. The fraction of sp³-hybridized carbons (Fsp3) is 0.214. The van der Waals surface area contributed by atoms with Crippen LogP contribution in [0.25, 0.3) is 28.2 Å². The van der Waals surface area contributed by atoms with Crippen molar-refractivity contribution in [1.82, 2.24) is 19.4 Å². The molecule has 4 heterocycles. The van der Waals surface area contributed by atoms with Crippen molar-refractivity contribution in [3.63, 3.8) is 0 Å². The van der Waals surface area contributed by atoms with Crippen LogP contribution in [0.3, 0.4) is 0 Å². The third kappa shape index (κ3) is 5.18. The van der Waals surface area contributed by atoms with E-state index >= 15 is 0 Å². The predicted octanol–water partition coefficient (Wildman–Crippen LogP) is 5.32. The molecule has 2 N–H and O–H groups in total. The summed E-state index contributed by atoms with van der Waals surface area (Å²) in [4.78, 5) is 26.5. The Kier molecular flexibility index (Phi) is 6.12. The van der Waals surface area contributed by atoms with Crippen LogP contribution in [0.5, 0.6) is 0 Å². The summed E-state index contributed by atoms with van der Waals surface area (Å²) in [6, 6.07) is 15.4. The van der Waals surface area contributed by atoms with Crippen LogP contribution in [-0.2, 0) is 6.42 Å². The van der Waals surface area contributed by atoms with E-state index in [4.69, 9.17) is 9.40 Å². The first-order valence-electron chi connectivity index (χ1n) is 11.7. The maximum atomic E-state index is 13.2. The van der Waals surface area contributed by atoms with Gasteiger partial charge in [-0.1, -0.05) is 30.3 Å². The summed E-state index contributed by atoms with van der Waals surface area (Å²) in [6.07, 6.45) is 8.04. The number of nitrogens with one attached hydrogen (secondary N) is 1. The van der Waals surface area contributed by atoms with Gasteiger partial charge < -0.3 is 19.2 Å². The van der Waals surface area contributed by atoms with Crippen LogP contribution in [-0.4, -0.2) is 36.0 Å². The fourth-order valence-electron chi connectivity index (χ4n) is 3.97. The lowest BCUT2D eigenvalue weighted by Crippen LogP contribution is -2.19.